The lowest BCUT2D eigenvalue weighted by molar-refractivity contribution is -0.117. The summed E-state index contributed by atoms with van der Waals surface area (Å²) >= 11 is 0. The van der Waals surface area contributed by atoms with E-state index in [1.807, 2.05) is 42.2 Å². The topological polar surface area (TPSA) is 67.7 Å². The van der Waals surface area contributed by atoms with Gasteiger partial charge >= 0.3 is 6.09 Å². The molecule has 0 radical (unpaired) electrons. The minimum atomic E-state index is -0.620. The molecule has 33 heavy (non-hydrogen) atoms. The summed E-state index contributed by atoms with van der Waals surface area (Å²) in [5.41, 5.74) is 3.68. The zero-order valence-corrected chi connectivity index (χ0v) is 18.8. The number of rotatable bonds is 3. The fourth-order valence-corrected chi connectivity index (χ4v) is 4.32. The maximum Gasteiger partial charge on any atom is 0.419 e. The molecular formula is C25H25FN4O3. The second kappa shape index (κ2) is 8.03. The van der Waals surface area contributed by atoms with E-state index in [0.29, 0.717) is 23.0 Å². The summed E-state index contributed by atoms with van der Waals surface area (Å²) in [5, 5.41) is 4.46. The van der Waals surface area contributed by atoms with Crippen LogP contribution in [0.1, 0.15) is 38.3 Å². The number of carbonyl (C=O) groups excluding carboxylic acids is 2. The largest absolute Gasteiger partial charge is 0.419 e. The van der Waals surface area contributed by atoms with Gasteiger partial charge in [-0.3, -0.25) is 14.4 Å². The molecule has 0 unspecified atom stereocenters. The van der Waals surface area contributed by atoms with Crippen molar-refractivity contribution < 1.29 is 18.7 Å². The first-order valence-corrected chi connectivity index (χ1v) is 11.1. The molecule has 0 bridgehead atoms. The molecule has 1 fully saturated rings. The highest BCUT2D eigenvalue weighted by molar-refractivity contribution is 6.03. The number of ether oxygens (including phenoxy) is 1. The predicted molar refractivity (Wildman–Crippen MR) is 123 cm³/mol. The Morgan fingerprint density at radius 1 is 1.09 bits per heavy atom. The lowest BCUT2D eigenvalue weighted by Crippen LogP contribution is -2.52. The molecule has 0 N–H and O–H groups in total. The van der Waals surface area contributed by atoms with Crippen molar-refractivity contribution in [1.29, 1.82) is 0 Å². The van der Waals surface area contributed by atoms with Crippen LogP contribution in [-0.4, -0.2) is 34.4 Å². The van der Waals surface area contributed by atoms with Gasteiger partial charge in [-0.1, -0.05) is 12.1 Å². The smallest absolute Gasteiger partial charge is 0.410 e. The average molecular weight is 448 g/mol. The van der Waals surface area contributed by atoms with Gasteiger partial charge in [0.1, 0.15) is 11.6 Å². The van der Waals surface area contributed by atoms with Crippen molar-refractivity contribution >= 4 is 23.4 Å². The van der Waals surface area contributed by atoms with Crippen molar-refractivity contribution in [2.24, 2.45) is 0 Å². The van der Waals surface area contributed by atoms with Gasteiger partial charge in [0.05, 0.1) is 29.7 Å². The Bertz CT molecular complexity index is 1250. The molecule has 8 heteroatoms. The molecule has 0 saturated heterocycles. The highest BCUT2D eigenvalue weighted by atomic mass is 19.1. The standard InChI is InChI=1S/C25H25FN4O3/c1-15-4-6-20(26)11-24(15)33-25(32)28-13-16(2)30(17(3)31)22-9-5-18(10-23(22)28)19-12-27-29(14-19)21-7-8-21/h4-6,9-12,14,16,21H,7-8,13H2,1-3H3/t16-/m0/s1. The number of amides is 2. The van der Waals surface area contributed by atoms with Gasteiger partial charge in [-0.2, -0.15) is 5.10 Å². The van der Waals surface area contributed by atoms with Crippen molar-refractivity contribution in [2.75, 3.05) is 16.3 Å². The van der Waals surface area contributed by atoms with Crippen LogP contribution in [0.3, 0.4) is 0 Å². The van der Waals surface area contributed by atoms with Crippen molar-refractivity contribution in [3.63, 3.8) is 0 Å². The quantitative estimate of drug-likeness (QED) is 0.560. The van der Waals surface area contributed by atoms with Gasteiger partial charge in [-0.15, -0.1) is 0 Å². The number of aryl methyl sites for hydroxylation is 1. The highest BCUT2D eigenvalue weighted by Crippen LogP contribution is 2.40. The SMILES string of the molecule is CC(=O)N1c2ccc(-c3cnn(C4CC4)c3)cc2N(C(=O)Oc2cc(F)ccc2C)C[C@@H]1C. The number of nitrogens with zero attached hydrogens (tertiary/aromatic N) is 4. The van der Waals surface area contributed by atoms with E-state index in [9.17, 15) is 14.0 Å². The summed E-state index contributed by atoms with van der Waals surface area (Å²) < 4.78 is 21.3. The van der Waals surface area contributed by atoms with Gasteiger partial charge < -0.3 is 9.64 Å². The second-order valence-electron chi connectivity index (χ2n) is 8.77. The van der Waals surface area contributed by atoms with E-state index >= 15 is 0 Å². The van der Waals surface area contributed by atoms with Crippen LogP contribution in [-0.2, 0) is 4.79 Å². The van der Waals surface area contributed by atoms with Gasteiger partial charge in [0.2, 0.25) is 5.91 Å². The lowest BCUT2D eigenvalue weighted by atomic mass is 10.0. The third kappa shape index (κ3) is 3.97. The third-order valence-corrected chi connectivity index (χ3v) is 6.18. The Labute approximate surface area is 191 Å². The maximum atomic E-state index is 13.7. The van der Waals surface area contributed by atoms with Crippen LogP contribution in [0.5, 0.6) is 5.75 Å². The van der Waals surface area contributed by atoms with Gasteiger partial charge in [0.15, 0.2) is 0 Å². The van der Waals surface area contributed by atoms with Crippen LogP contribution in [0.15, 0.2) is 48.8 Å². The molecule has 1 aliphatic carbocycles. The number of benzene rings is 2. The summed E-state index contributed by atoms with van der Waals surface area (Å²) in [6, 6.07) is 9.97. The Morgan fingerprint density at radius 3 is 2.61 bits per heavy atom. The van der Waals surface area contributed by atoms with Crippen LogP contribution >= 0.6 is 0 Å². The van der Waals surface area contributed by atoms with E-state index in [1.54, 1.807) is 17.9 Å². The van der Waals surface area contributed by atoms with E-state index in [0.717, 1.165) is 24.0 Å². The molecule has 5 rings (SSSR count). The summed E-state index contributed by atoms with van der Waals surface area (Å²) in [6.07, 6.45) is 5.47. The molecule has 0 spiro atoms. The average Bonchev–Trinajstić information content (AvgIpc) is 3.51. The summed E-state index contributed by atoms with van der Waals surface area (Å²) in [4.78, 5) is 28.8. The number of anilines is 2. The number of fused-ring (bicyclic) bond motifs is 1. The summed E-state index contributed by atoms with van der Waals surface area (Å²) in [5.74, 6) is -0.411. The van der Waals surface area contributed by atoms with E-state index in [4.69, 9.17) is 4.74 Å². The van der Waals surface area contributed by atoms with Gasteiger partial charge in [0, 0.05) is 31.3 Å². The number of aromatic nitrogens is 2. The Morgan fingerprint density at radius 2 is 1.88 bits per heavy atom. The minimum absolute atomic E-state index is 0.105. The van der Waals surface area contributed by atoms with Crippen LogP contribution in [0.4, 0.5) is 20.6 Å². The number of carbonyl (C=O) groups is 2. The number of hydrogen-bond donors (Lipinski definition) is 0. The Kier molecular flexibility index (Phi) is 5.15. The van der Waals surface area contributed by atoms with Crippen LogP contribution < -0.4 is 14.5 Å². The van der Waals surface area contributed by atoms with E-state index < -0.39 is 11.9 Å². The molecule has 7 nitrogen and oxygen atoms in total. The van der Waals surface area contributed by atoms with Crippen molar-refractivity contribution in [3.8, 4) is 16.9 Å². The van der Waals surface area contributed by atoms with E-state index in [2.05, 4.69) is 5.10 Å². The molecule has 1 aliphatic heterocycles. The van der Waals surface area contributed by atoms with E-state index in [-0.39, 0.29) is 24.2 Å². The molecular weight excluding hydrogens is 423 g/mol. The fourth-order valence-electron chi connectivity index (χ4n) is 4.32. The van der Waals surface area contributed by atoms with Crippen LogP contribution in [0.25, 0.3) is 11.1 Å². The first-order valence-electron chi connectivity index (χ1n) is 11.1. The van der Waals surface area contributed by atoms with Gasteiger partial charge in [0.25, 0.3) is 0 Å². The molecule has 2 heterocycles. The molecule has 3 aromatic rings. The minimum Gasteiger partial charge on any atom is -0.410 e. The molecule has 1 atom stereocenters. The lowest BCUT2D eigenvalue weighted by Gasteiger charge is -2.40. The molecule has 2 amide bonds. The van der Waals surface area contributed by atoms with Crippen molar-refractivity contribution in [2.45, 2.75) is 45.7 Å². The Balaban J connectivity index is 1.53. The first kappa shape index (κ1) is 21.2. The zero-order chi connectivity index (χ0) is 23.3. The molecule has 170 valence electrons. The van der Waals surface area contributed by atoms with Gasteiger partial charge in [-0.05, 0) is 56.0 Å². The Hall–Kier alpha value is -3.68. The van der Waals surface area contributed by atoms with E-state index in [1.165, 1.54) is 24.0 Å². The third-order valence-electron chi connectivity index (χ3n) is 6.18. The highest BCUT2D eigenvalue weighted by Gasteiger charge is 2.35. The first-order chi connectivity index (χ1) is 15.8. The van der Waals surface area contributed by atoms with Crippen molar-refractivity contribution in [3.05, 3.63) is 60.2 Å². The normalized spacial score (nSPS) is 17.6. The number of hydrogen-bond acceptors (Lipinski definition) is 4. The zero-order valence-electron chi connectivity index (χ0n) is 18.8. The number of halogens is 1. The summed E-state index contributed by atoms with van der Waals surface area (Å²) in [7, 11) is 0. The predicted octanol–water partition coefficient (Wildman–Crippen LogP) is 5.09. The molecule has 1 saturated carbocycles. The monoisotopic (exact) mass is 448 g/mol. The van der Waals surface area contributed by atoms with Crippen LogP contribution in [0, 0.1) is 12.7 Å². The molecule has 2 aliphatic rings. The maximum absolute atomic E-state index is 13.7. The fraction of sp³-hybridized carbons (Fsp3) is 0.320. The van der Waals surface area contributed by atoms with Crippen LogP contribution in [0.2, 0.25) is 0 Å². The molecule has 2 aromatic carbocycles. The second-order valence-corrected chi connectivity index (χ2v) is 8.77. The summed E-state index contributed by atoms with van der Waals surface area (Å²) in [6.45, 7) is 5.40. The van der Waals surface area contributed by atoms with Gasteiger partial charge in [-0.25, -0.2) is 9.18 Å². The van der Waals surface area contributed by atoms with Crippen molar-refractivity contribution in [1.82, 2.24) is 9.78 Å². The molecule has 1 aromatic heterocycles.